The molecule has 0 fully saturated rings. The molecular formula is C21H20F6N6O. The van der Waals surface area contributed by atoms with E-state index < -0.39 is 29.1 Å². The highest BCUT2D eigenvalue weighted by Crippen LogP contribution is 2.32. The van der Waals surface area contributed by atoms with Crippen LogP contribution in [0.15, 0.2) is 48.5 Å². The molecule has 1 aromatic heterocycles. The van der Waals surface area contributed by atoms with Crippen LogP contribution in [-0.4, -0.2) is 32.2 Å². The maximum atomic E-state index is 13.0. The topological polar surface area (TPSA) is 95.0 Å². The fourth-order valence-corrected chi connectivity index (χ4v) is 2.67. The largest absolute Gasteiger partial charge is 0.416 e. The first kappa shape index (κ1) is 25.0. The van der Waals surface area contributed by atoms with Crippen LogP contribution in [0.25, 0.3) is 0 Å². The van der Waals surface area contributed by atoms with Crippen molar-refractivity contribution in [1.29, 1.82) is 0 Å². The van der Waals surface area contributed by atoms with Crippen LogP contribution in [0, 0.1) is 0 Å². The van der Waals surface area contributed by atoms with Gasteiger partial charge in [-0.3, -0.25) is 0 Å². The molecule has 7 nitrogen and oxygen atoms in total. The summed E-state index contributed by atoms with van der Waals surface area (Å²) in [7, 11) is 0. The zero-order chi connectivity index (χ0) is 25.1. The van der Waals surface area contributed by atoms with Crippen LogP contribution in [0.1, 0.15) is 25.0 Å². The zero-order valence-electron chi connectivity index (χ0n) is 17.9. The molecule has 0 aliphatic carbocycles. The summed E-state index contributed by atoms with van der Waals surface area (Å²) in [4.78, 5) is 12.2. The molecule has 0 atom stereocenters. The second-order valence-corrected chi connectivity index (χ2v) is 7.88. The number of benzene rings is 2. The van der Waals surface area contributed by atoms with E-state index in [2.05, 4.69) is 30.9 Å². The smallest absolute Gasteiger partial charge is 0.389 e. The maximum absolute atomic E-state index is 13.0. The maximum Gasteiger partial charge on any atom is 0.416 e. The summed E-state index contributed by atoms with van der Waals surface area (Å²) in [6, 6.07) is 8.63. The van der Waals surface area contributed by atoms with E-state index in [9.17, 15) is 31.4 Å². The lowest BCUT2D eigenvalue weighted by Crippen LogP contribution is -2.30. The third-order valence-electron chi connectivity index (χ3n) is 4.21. The number of nitrogens with one attached hydrogen (secondary N) is 3. The van der Waals surface area contributed by atoms with Gasteiger partial charge in [0.2, 0.25) is 17.8 Å². The molecule has 0 aliphatic heterocycles. The van der Waals surface area contributed by atoms with Gasteiger partial charge in [0, 0.05) is 17.9 Å². The van der Waals surface area contributed by atoms with Crippen molar-refractivity contribution in [3.8, 4) is 0 Å². The summed E-state index contributed by atoms with van der Waals surface area (Å²) in [6.07, 6.45) is -9.13. The van der Waals surface area contributed by atoms with Gasteiger partial charge >= 0.3 is 12.4 Å². The quantitative estimate of drug-likeness (QED) is 0.324. The van der Waals surface area contributed by atoms with E-state index in [0.29, 0.717) is 0 Å². The number of anilines is 5. The molecule has 0 spiro atoms. The van der Waals surface area contributed by atoms with Crippen LogP contribution in [0.5, 0.6) is 0 Å². The minimum Gasteiger partial charge on any atom is -0.389 e. The average Bonchev–Trinajstić information content (AvgIpc) is 2.71. The monoisotopic (exact) mass is 486 g/mol. The lowest BCUT2D eigenvalue weighted by atomic mass is 10.1. The highest BCUT2D eigenvalue weighted by molar-refractivity contribution is 5.60. The molecular weight excluding hydrogens is 466 g/mol. The molecule has 0 radical (unpaired) electrons. The molecule has 4 N–H and O–H groups in total. The summed E-state index contributed by atoms with van der Waals surface area (Å²) in [6.45, 7) is 3.04. The van der Waals surface area contributed by atoms with Gasteiger partial charge < -0.3 is 21.1 Å². The molecule has 2 aromatic carbocycles. The van der Waals surface area contributed by atoms with Gasteiger partial charge in [0.1, 0.15) is 0 Å². The molecule has 0 saturated carbocycles. The van der Waals surface area contributed by atoms with Gasteiger partial charge in [-0.2, -0.15) is 41.3 Å². The third kappa shape index (κ3) is 7.20. The standard InChI is InChI=1S/C21H20F6N6O/c1-19(2,34)11-28-16-31-17(29-14-7-3-5-12(9-14)20(22,23)24)33-18(32-16)30-15-8-4-6-13(10-15)21(25,26)27/h3-10,34H,11H2,1-2H3,(H3,28,29,30,31,32,33). The minimum atomic E-state index is -4.56. The number of halogens is 6. The Morgan fingerprint density at radius 2 is 1.12 bits per heavy atom. The summed E-state index contributed by atoms with van der Waals surface area (Å²) < 4.78 is 78.1. The summed E-state index contributed by atoms with van der Waals surface area (Å²) in [5, 5.41) is 17.9. The Morgan fingerprint density at radius 1 is 0.706 bits per heavy atom. The minimum absolute atomic E-state index is 0.00299. The van der Waals surface area contributed by atoms with Gasteiger partial charge in [0.05, 0.1) is 16.7 Å². The fourth-order valence-electron chi connectivity index (χ4n) is 2.67. The molecule has 0 unspecified atom stereocenters. The van der Waals surface area contributed by atoms with Crippen molar-refractivity contribution in [2.24, 2.45) is 0 Å². The van der Waals surface area contributed by atoms with E-state index in [1.54, 1.807) is 0 Å². The van der Waals surface area contributed by atoms with E-state index in [-0.39, 0.29) is 35.8 Å². The molecule has 3 rings (SSSR count). The van der Waals surface area contributed by atoms with Crippen LogP contribution in [-0.2, 0) is 12.4 Å². The van der Waals surface area contributed by atoms with Crippen LogP contribution in [0.2, 0.25) is 0 Å². The molecule has 0 saturated heterocycles. The fraction of sp³-hybridized carbons (Fsp3) is 0.286. The molecule has 0 bridgehead atoms. The number of rotatable bonds is 7. The third-order valence-corrected chi connectivity index (χ3v) is 4.21. The Kier molecular flexibility index (Phi) is 6.87. The van der Waals surface area contributed by atoms with Crippen LogP contribution in [0.3, 0.4) is 0 Å². The number of aromatic nitrogens is 3. The average molecular weight is 486 g/mol. The molecule has 3 aromatic rings. The SMILES string of the molecule is CC(C)(O)CNc1nc(Nc2cccc(C(F)(F)F)c2)nc(Nc2cccc(C(F)(F)F)c2)n1. The van der Waals surface area contributed by atoms with E-state index in [0.717, 1.165) is 24.3 Å². The zero-order valence-corrected chi connectivity index (χ0v) is 17.9. The van der Waals surface area contributed by atoms with Gasteiger partial charge in [-0.1, -0.05) is 12.1 Å². The van der Waals surface area contributed by atoms with E-state index in [1.807, 2.05) is 0 Å². The molecule has 182 valence electrons. The number of nitrogens with zero attached hydrogens (tertiary/aromatic N) is 3. The second kappa shape index (κ2) is 9.33. The summed E-state index contributed by atoms with van der Waals surface area (Å²) >= 11 is 0. The first-order chi connectivity index (χ1) is 15.7. The van der Waals surface area contributed by atoms with Gasteiger partial charge in [-0.25, -0.2) is 0 Å². The predicted octanol–water partition coefficient (Wildman–Crippen LogP) is 5.58. The Hall–Kier alpha value is -3.61. The highest BCUT2D eigenvalue weighted by Gasteiger charge is 2.31. The molecule has 0 aliphatic rings. The van der Waals surface area contributed by atoms with Gasteiger partial charge in [-0.15, -0.1) is 0 Å². The van der Waals surface area contributed by atoms with Crippen LogP contribution in [0.4, 0.5) is 55.6 Å². The van der Waals surface area contributed by atoms with Gasteiger partial charge in [0.15, 0.2) is 0 Å². The Balaban J connectivity index is 1.93. The lowest BCUT2D eigenvalue weighted by Gasteiger charge is -2.18. The molecule has 1 heterocycles. The van der Waals surface area contributed by atoms with E-state index >= 15 is 0 Å². The van der Waals surface area contributed by atoms with Crippen LogP contribution < -0.4 is 16.0 Å². The molecule has 0 amide bonds. The van der Waals surface area contributed by atoms with Crippen molar-refractivity contribution in [2.45, 2.75) is 31.8 Å². The second-order valence-electron chi connectivity index (χ2n) is 7.88. The molecule has 34 heavy (non-hydrogen) atoms. The predicted molar refractivity (Wildman–Crippen MR) is 114 cm³/mol. The van der Waals surface area contributed by atoms with E-state index in [4.69, 9.17) is 0 Å². The van der Waals surface area contributed by atoms with E-state index in [1.165, 1.54) is 38.1 Å². The number of hydrogen-bond acceptors (Lipinski definition) is 7. The van der Waals surface area contributed by atoms with Crippen molar-refractivity contribution in [3.05, 3.63) is 59.7 Å². The highest BCUT2D eigenvalue weighted by atomic mass is 19.4. The van der Waals surface area contributed by atoms with Crippen molar-refractivity contribution in [1.82, 2.24) is 15.0 Å². The summed E-state index contributed by atoms with van der Waals surface area (Å²) in [5.41, 5.74) is -2.89. The Bertz CT molecular complexity index is 1070. The Labute approximate surface area is 190 Å². The lowest BCUT2D eigenvalue weighted by molar-refractivity contribution is -0.138. The van der Waals surface area contributed by atoms with Gasteiger partial charge in [0.25, 0.3) is 0 Å². The van der Waals surface area contributed by atoms with Crippen molar-refractivity contribution in [2.75, 3.05) is 22.5 Å². The Morgan fingerprint density at radius 3 is 1.50 bits per heavy atom. The van der Waals surface area contributed by atoms with Crippen molar-refractivity contribution in [3.63, 3.8) is 0 Å². The number of alkyl halides is 6. The first-order valence-corrected chi connectivity index (χ1v) is 9.80. The number of aliphatic hydroxyl groups is 1. The van der Waals surface area contributed by atoms with Gasteiger partial charge in [-0.05, 0) is 50.2 Å². The number of hydrogen-bond donors (Lipinski definition) is 4. The normalized spacial score (nSPS) is 12.4. The first-order valence-electron chi connectivity index (χ1n) is 9.80. The van der Waals surface area contributed by atoms with Crippen LogP contribution >= 0.6 is 0 Å². The molecule has 13 heteroatoms. The van der Waals surface area contributed by atoms with Crippen molar-refractivity contribution < 1.29 is 31.4 Å². The van der Waals surface area contributed by atoms with Crippen molar-refractivity contribution >= 4 is 29.2 Å². The summed E-state index contributed by atoms with van der Waals surface area (Å²) in [5.74, 6) is -0.426.